The van der Waals surface area contributed by atoms with E-state index in [1.54, 1.807) is 0 Å². The molecular weight excluding hydrogens is 214 g/mol. The number of benzene rings is 1. The van der Waals surface area contributed by atoms with Gasteiger partial charge < -0.3 is 10.7 Å². The zero-order valence-electron chi connectivity index (χ0n) is 10.2. The average molecular weight is 231 g/mol. The van der Waals surface area contributed by atoms with Gasteiger partial charge in [-0.2, -0.15) is 5.10 Å². The molecule has 1 aliphatic rings. The quantitative estimate of drug-likeness (QED) is 0.816. The van der Waals surface area contributed by atoms with Crippen LogP contribution in [0.5, 0.6) is 0 Å². The Kier molecular flexibility index (Phi) is 3.42. The smallest absolute Gasteiger partial charge is 0.225 e. The Morgan fingerprint density at radius 3 is 3.00 bits per heavy atom. The van der Waals surface area contributed by atoms with Crippen molar-refractivity contribution >= 4 is 11.7 Å². The number of hydrogen-bond donors (Lipinski definition) is 2. The van der Waals surface area contributed by atoms with Crippen LogP contribution in [0.25, 0.3) is 0 Å². The number of nitrogens with zero attached hydrogens (tertiary/aromatic N) is 1. The Morgan fingerprint density at radius 1 is 1.53 bits per heavy atom. The van der Waals surface area contributed by atoms with Crippen LogP contribution < -0.4 is 10.7 Å². The number of hydrazone groups is 1. The van der Waals surface area contributed by atoms with Gasteiger partial charge in [0.05, 0.1) is 6.04 Å². The Labute approximate surface area is 101 Å². The molecule has 0 saturated heterocycles. The summed E-state index contributed by atoms with van der Waals surface area (Å²) in [5, 5.41) is 6.95. The van der Waals surface area contributed by atoms with E-state index in [1.165, 1.54) is 11.1 Å². The highest BCUT2D eigenvalue weighted by molar-refractivity contribution is 5.98. The van der Waals surface area contributed by atoms with Gasteiger partial charge in [-0.1, -0.05) is 31.2 Å². The lowest BCUT2D eigenvalue weighted by Gasteiger charge is -2.12. The standard InChI is InChI=1S/C13H17N3O/c1-3-13(17)14-12-8-11(15-16-12)10-7-5-4-6-9(10)2/h4-7,11,15H,3,8H2,1-2H3,(H,14,16,17). The van der Waals surface area contributed by atoms with E-state index in [0.717, 1.165) is 12.3 Å². The van der Waals surface area contributed by atoms with E-state index in [0.29, 0.717) is 6.42 Å². The van der Waals surface area contributed by atoms with Crippen molar-refractivity contribution in [1.82, 2.24) is 10.7 Å². The lowest BCUT2D eigenvalue weighted by atomic mass is 10.00. The van der Waals surface area contributed by atoms with Crippen LogP contribution in [0.2, 0.25) is 0 Å². The van der Waals surface area contributed by atoms with Crippen molar-refractivity contribution in [2.45, 2.75) is 32.7 Å². The van der Waals surface area contributed by atoms with Gasteiger partial charge in [0.1, 0.15) is 5.84 Å². The summed E-state index contributed by atoms with van der Waals surface area (Å²) in [6.07, 6.45) is 1.21. The molecule has 1 aromatic carbocycles. The van der Waals surface area contributed by atoms with Gasteiger partial charge in [-0.15, -0.1) is 0 Å². The largest absolute Gasteiger partial charge is 0.313 e. The fourth-order valence-electron chi connectivity index (χ4n) is 1.93. The second-order valence-corrected chi connectivity index (χ2v) is 4.20. The predicted octanol–water partition coefficient (Wildman–Crippen LogP) is 1.87. The first-order valence-electron chi connectivity index (χ1n) is 5.88. The van der Waals surface area contributed by atoms with E-state index in [4.69, 9.17) is 0 Å². The molecule has 1 heterocycles. The molecule has 0 aromatic heterocycles. The lowest BCUT2D eigenvalue weighted by Crippen LogP contribution is -2.28. The van der Waals surface area contributed by atoms with Gasteiger partial charge in [0.15, 0.2) is 0 Å². The van der Waals surface area contributed by atoms with E-state index in [-0.39, 0.29) is 11.9 Å². The maximum Gasteiger partial charge on any atom is 0.225 e. The molecule has 1 aromatic rings. The van der Waals surface area contributed by atoms with Gasteiger partial charge in [0, 0.05) is 12.8 Å². The predicted molar refractivity (Wildman–Crippen MR) is 67.5 cm³/mol. The third kappa shape index (κ3) is 2.64. The molecule has 1 amide bonds. The number of amidine groups is 1. The lowest BCUT2D eigenvalue weighted by molar-refractivity contribution is -0.119. The normalized spacial score (nSPS) is 18.5. The maximum atomic E-state index is 11.3. The van der Waals surface area contributed by atoms with Gasteiger partial charge in [-0.3, -0.25) is 4.79 Å². The first-order valence-corrected chi connectivity index (χ1v) is 5.88. The summed E-state index contributed by atoms with van der Waals surface area (Å²) in [6.45, 7) is 3.91. The van der Waals surface area contributed by atoms with Crippen LogP contribution in [0.4, 0.5) is 0 Å². The van der Waals surface area contributed by atoms with E-state index in [1.807, 2.05) is 19.1 Å². The van der Waals surface area contributed by atoms with Crippen LogP contribution in [0.15, 0.2) is 29.4 Å². The highest BCUT2D eigenvalue weighted by atomic mass is 16.1. The fraction of sp³-hybridized carbons (Fsp3) is 0.385. The summed E-state index contributed by atoms with van der Waals surface area (Å²) in [5.74, 6) is 0.737. The van der Waals surface area contributed by atoms with Gasteiger partial charge >= 0.3 is 0 Å². The first kappa shape index (κ1) is 11.6. The van der Waals surface area contributed by atoms with Crippen molar-refractivity contribution in [1.29, 1.82) is 0 Å². The molecule has 1 aliphatic heterocycles. The minimum absolute atomic E-state index is 0.0102. The Hall–Kier alpha value is -1.84. The molecule has 4 heteroatoms. The number of hydrogen-bond acceptors (Lipinski definition) is 3. The van der Waals surface area contributed by atoms with E-state index in [2.05, 4.69) is 34.9 Å². The summed E-state index contributed by atoms with van der Waals surface area (Å²) >= 11 is 0. The van der Waals surface area contributed by atoms with Crippen LogP contribution >= 0.6 is 0 Å². The van der Waals surface area contributed by atoms with Gasteiger partial charge in [-0.25, -0.2) is 0 Å². The third-order valence-corrected chi connectivity index (χ3v) is 2.92. The first-order chi connectivity index (χ1) is 8.20. The molecule has 2 N–H and O–H groups in total. The van der Waals surface area contributed by atoms with Crippen LogP contribution in [-0.2, 0) is 4.79 Å². The summed E-state index contributed by atoms with van der Waals surface area (Å²) in [4.78, 5) is 11.3. The molecule has 2 rings (SSSR count). The van der Waals surface area contributed by atoms with Gasteiger partial charge in [0.2, 0.25) is 5.91 Å². The summed E-state index contributed by atoms with van der Waals surface area (Å²) in [6, 6.07) is 8.39. The number of aryl methyl sites for hydroxylation is 1. The van der Waals surface area contributed by atoms with E-state index < -0.39 is 0 Å². The van der Waals surface area contributed by atoms with Crippen LogP contribution in [0.1, 0.15) is 36.9 Å². The molecule has 0 fully saturated rings. The van der Waals surface area contributed by atoms with Crippen LogP contribution in [-0.4, -0.2) is 11.7 Å². The molecule has 0 spiro atoms. The number of carbonyl (C=O) groups is 1. The monoisotopic (exact) mass is 231 g/mol. The number of carbonyl (C=O) groups excluding carboxylic acids is 1. The topological polar surface area (TPSA) is 53.5 Å². The molecule has 0 radical (unpaired) electrons. The van der Waals surface area contributed by atoms with Gasteiger partial charge in [-0.05, 0) is 18.1 Å². The highest BCUT2D eigenvalue weighted by Gasteiger charge is 2.21. The second-order valence-electron chi connectivity index (χ2n) is 4.20. The van der Waals surface area contributed by atoms with Gasteiger partial charge in [0.25, 0.3) is 0 Å². The molecule has 0 bridgehead atoms. The Morgan fingerprint density at radius 2 is 2.29 bits per heavy atom. The van der Waals surface area contributed by atoms with E-state index in [9.17, 15) is 4.79 Å². The molecule has 1 unspecified atom stereocenters. The van der Waals surface area contributed by atoms with Crippen molar-refractivity contribution in [3.05, 3.63) is 35.4 Å². The van der Waals surface area contributed by atoms with Crippen LogP contribution in [0.3, 0.4) is 0 Å². The summed E-state index contributed by atoms with van der Waals surface area (Å²) in [7, 11) is 0. The molecule has 0 aliphatic carbocycles. The Bertz CT molecular complexity index is 454. The molecule has 17 heavy (non-hydrogen) atoms. The number of rotatable bonds is 2. The zero-order chi connectivity index (χ0) is 12.3. The van der Waals surface area contributed by atoms with Crippen molar-refractivity contribution in [3.8, 4) is 0 Å². The van der Waals surface area contributed by atoms with Crippen molar-refractivity contribution in [2.24, 2.45) is 5.10 Å². The molecule has 0 saturated carbocycles. The Balaban J connectivity index is 2.01. The van der Waals surface area contributed by atoms with Crippen molar-refractivity contribution < 1.29 is 4.79 Å². The molecule has 4 nitrogen and oxygen atoms in total. The average Bonchev–Trinajstić information content (AvgIpc) is 2.78. The third-order valence-electron chi connectivity index (χ3n) is 2.92. The van der Waals surface area contributed by atoms with Crippen LogP contribution in [0, 0.1) is 6.92 Å². The maximum absolute atomic E-state index is 11.3. The van der Waals surface area contributed by atoms with Crippen molar-refractivity contribution in [3.63, 3.8) is 0 Å². The molecule has 1 atom stereocenters. The van der Waals surface area contributed by atoms with E-state index >= 15 is 0 Å². The van der Waals surface area contributed by atoms with Crippen molar-refractivity contribution in [2.75, 3.05) is 0 Å². The molecular formula is C13H17N3O. The second kappa shape index (κ2) is 4.99. The summed E-state index contributed by atoms with van der Waals surface area (Å²) in [5.41, 5.74) is 5.54. The number of amides is 1. The molecule has 90 valence electrons. The number of nitrogens with one attached hydrogen (secondary N) is 2. The fourth-order valence-corrected chi connectivity index (χ4v) is 1.93. The summed E-state index contributed by atoms with van der Waals surface area (Å²) < 4.78 is 0. The minimum Gasteiger partial charge on any atom is -0.313 e. The minimum atomic E-state index is 0.0102. The SMILES string of the molecule is CCC(=O)NC1=NNC(c2ccccc2C)C1. The zero-order valence-corrected chi connectivity index (χ0v) is 10.2. The highest BCUT2D eigenvalue weighted by Crippen LogP contribution is 2.23.